The van der Waals surface area contributed by atoms with E-state index in [4.69, 9.17) is 37.0 Å². The Morgan fingerprint density at radius 1 is 0.274 bits per heavy atom. The Morgan fingerprint density at radius 3 is 0.792 bits per heavy atom. The molecule has 5 unspecified atom stereocenters. The van der Waals surface area contributed by atoms with Crippen LogP contribution in [0.4, 0.5) is 0 Å². The Bertz CT molecular complexity index is 2830. The van der Waals surface area contributed by atoms with Crippen LogP contribution in [-0.4, -0.2) is 96.7 Å². The smallest absolute Gasteiger partial charge is 0.462 e. The van der Waals surface area contributed by atoms with E-state index in [-0.39, 0.29) is 25.7 Å². The van der Waals surface area contributed by atoms with Crippen molar-refractivity contribution >= 4 is 39.5 Å². The first-order valence-corrected chi connectivity index (χ1v) is 42.3. The number of hydrogen-bond acceptors (Lipinski definition) is 15. The number of carbonyl (C=O) groups excluding carboxylic acids is 4. The van der Waals surface area contributed by atoms with Gasteiger partial charge >= 0.3 is 39.5 Å². The second-order valence-corrected chi connectivity index (χ2v) is 28.1. The molecule has 0 saturated carbocycles. The van der Waals surface area contributed by atoms with E-state index in [0.29, 0.717) is 38.5 Å². The fourth-order valence-corrected chi connectivity index (χ4v) is 11.0. The van der Waals surface area contributed by atoms with Crippen molar-refractivity contribution in [1.29, 1.82) is 0 Å². The molecule has 0 aliphatic heterocycles. The molecule has 0 aliphatic carbocycles. The van der Waals surface area contributed by atoms with E-state index < -0.39 is 97.5 Å². The molecule has 0 saturated heterocycles. The average Bonchev–Trinajstić information content (AvgIpc) is 0.933. The highest BCUT2D eigenvalue weighted by atomic mass is 31.2. The molecule has 5 atom stereocenters. The molecule has 0 heterocycles. The number of allylic oxidation sites excluding steroid dienone is 34. The van der Waals surface area contributed by atoms with Crippen LogP contribution in [0.25, 0.3) is 0 Å². The quantitative estimate of drug-likeness (QED) is 0.0169. The maximum Gasteiger partial charge on any atom is 0.472 e. The number of ether oxygens (including phenoxy) is 4. The predicted octanol–water partition coefficient (Wildman–Crippen LogP) is 23.1. The molecule has 0 aromatic heterocycles. The van der Waals surface area contributed by atoms with E-state index in [2.05, 4.69) is 198 Å². The highest BCUT2D eigenvalue weighted by Gasteiger charge is 2.30. The fraction of sp³-hybridized carbons (Fsp3) is 0.563. The molecule has 0 rings (SSSR count). The summed E-state index contributed by atoms with van der Waals surface area (Å²) in [4.78, 5) is 72.9. The number of hydrogen-bond donors (Lipinski definition) is 3. The van der Waals surface area contributed by atoms with Crippen LogP contribution in [0.15, 0.2) is 207 Å². The van der Waals surface area contributed by atoms with Gasteiger partial charge in [0.15, 0.2) is 12.2 Å². The number of aliphatic hydroxyl groups is 1. The molecule has 596 valence electrons. The number of carbonyl (C=O) groups is 4. The minimum Gasteiger partial charge on any atom is -0.462 e. The molecule has 0 aromatic carbocycles. The molecule has 0 aliphatic rings. The summed E-state index contributed by atoms with van der Waals surface area (Å²) in [6.07, 6.45) is 95.6. The van der Waals surface area contributed by atoms with E-state index in [0.717, 1.165) is 167 Å². The van der Waals surface area contributed by atoms with Gasteiger partial charge in [0, 0.05) is 25.7 Å². The first-order chi connectivity index (χ1) is 51.7. The van der Waals surface area contributed by atoms with Crippen molar-refractivity contribution in [2.45, 2.75) is 277 Å². The molecule has 0 amide bonds. The summed E-state index contributed by atoms with van der Waals surface area (Å²) >= 11 is 0. The van der Waals surface area contributed by atoms with E-state index in [1.807, 2.05) is 36.5 Å². The zero-order valence-corrected chi connectivity index (χ0v) is 66.8. The summed E-state index contributed by atoms with van der Waals surface area (Å²) in [6.45, 7) is 4.22. The SMILES string of the molecule is CC/C=C\C/C=C\C/C=C\C/C=C\C/C=C\C/C=C\CCC(=O)OCC(COP(=O)(O)OCC(O)COP(=O)(O)OCC(COC(=O)CC/C=C\C/C=C\C/C=C\C/C=C\C/C=C\C/C=C\CC)OC(=O)CCCCCCC/C=C\C/C=C\CCC)OC(=O)CCCCCCC/C=C\C/C=C\C/C=C\CC. The van der Waals surface area contributed by atoms with Crippen LogP contribution in [0.3, 0.4) is 0 Å². The lowest BCUT2D eigenvalue weighted by atomic mass is 10.1. The zero-order chi connectivity index (χ0) is 77.4. The van der Waals surface area contributed by atoms with Gasteiger partial charge in [0.1, 0.15) is 19.3 Å². The summed E-state index contributed by atoms with van der Waals surface area (Å²) in [5.41, 5.74) is 0. The normalized spacial score (nSPS) is 15.0. The van der Waals surface area contributed by atoms with Gasteiger partial charge in [-0.05, 0) is 161 Å². The summed E-state index contributed by atoms with van der Waals surface area (Å²) in [7, 11) is -10.0. The van der Waals surface area contributed by atoms with Crippen LogP contribution >= 0.6 is 15.6 Å². The standard InChI is InChI=1S/C87H136O17P2/c1-5-9-13-17-21-25-29-33-36-38-40-42-45-48-51-55-59-63-67-71-84(89)97-77-82(103-86(91)73-69-65-61-57-53-47-32-28-24-20-16-12-8-4)79-101-105(93,94)99-75-81(88)76-100-106(95,96)102-80-83(104-87(92)74-70-66-62-58-54-50-44-35-31-27-23-19-15-11-7-3)78-98-85(90)72-68-64-60-56-52-49-46-43-41-39-37-34-30-26-22-18-14-10-6-2/h9-11,13-16,20-23,25-28,32-37,40-44,48-49,51-52,59-60,63-64,81-83,88H,5-8,12,17-19,24,29-31,38-39,45-47,50,53-58,61-62,65-80H2,1-4H3,(H,93,94)(H,95,96)/b13-9-,14-10-,15-11-,20-16-,25-21-,26-22-,27-23-,32-28-,36-33-,37-34-,42-40-,43-41-,44-35-,51-48-,52-49-,63-59-,64-60-. The van der Waals surface area contributed by atoms with Crippen LogP contribution in [0.1, 0.15) is 259 Å². The van der Waals surface area contributed by atoms with Crippen molar-refractivity contribution < 1.29 is 80.2 Å². The van der Waals surface area contributed by atoms with Gasteiger partial charge in [-0.3, -0.25) is 37.3 Å². The molecule has 0 fully saturated rings. The lowest BCUT2D eigenvalue weighted by Crippen LogP contribution is -2.30. The topological polar surface area (TPSA) is 237 Å². The number of phosphoric ester groups is 2. The van der Waals surface area contributed by atoms with Gasteiger partial charge in [0.05, 0.1) is 26.4 Å². The number of rotatable bonds is 71. The molecule has 0 aromatic rings. The van der Waals surface area contributed by atoms with Gasteiger partial charge in [0.2, 0.25) is 0 Å². The highest BCUT2D eigenvalue weighted by molar-refractivity contribution is 7.47. The molecule has 17 nitrogen and oxygen atoms in total. The number of phosphoric acid groups is 2. The zero-order valence-electron chi connectivity index (χ0n) is 65.0. The summed E-state index contributed by atoms with van der Waals surface area (Å²) in [6, 6.07) is 0. The third-order valence-corrected chi connectivity index (χ3v) is 17.1. The van der Waals surface area contributed by atoms with E-state index in [1.165, 1.54) is 0 Å². The number of unbranched alkanes of at least 4 members (excludes halogenated alkanes) is 11. The number of esters is 4. The molecule has 0 spiro atoms. The monoisotopic (exact) mass is 1510 g/mol. The van der Waals surface area contributed by atoms with E-state index >= 15 is 0 Å². The lowest BCUT2D eigenvalue weighted by Gasteiger charge is -2.21. The average molecular weight is 1520 g/mol. The van der Waals surface area contributed by atoms with Gasteiger partial charge in [-0.25, -0.2) is 9.13 Å². The van der Waals surface area contributed by atoms with Gasteiger partial charge in [0.25, 0.3) is 0 Å². The second-order valence-electron chi connectivity index (χ2n) is 25.1. The molecular formula is C87H136O17P2. The van der Waals surface area contributed by atoms with Crippen molar-refractivity contribution in [1.82, 2.24) is 0 Å². The Balaban J connectivity index is 5.52. The Hall–Kier alpha value is -6.36. The van der Waals surface area contributed by atoms with Gasteiger partial charge < -0.3 is 33.8 Å². The summed E-state index contributed by atoms with van der Waals surface area (Å²) in [5.74, 6) is -2.43. The van der Waals surface area contributed by atoms with Gasteiger partial charge in [-0.15, -0.1) is 0 Å². The summed E-state index contributed by atoms with van der Waals surface area (Å²) in [5, 5.41) is 10.6. The molecular weight excluding hydrogens is 1380 g/mol. The predicted molar refractivity (Wildman–Crippen MR) is 435 cm³/mol. The van der Waals surface area contributed by atoms with Crippen LogP contribution in [0.2, 0.25) is 0 Å². The van der Waals surface area contributed by atoms with Crippen molar-refractivity contribution in [2.75, 3.05) is 39.6 Å². The molecule has 0 radical (unpaired) electrons. The first-order valence-electron chi connectivity index (χ1n) is 39.3. The molecule has 19 heteroatoms. The lowest BCUT2D eigenvalue weighted by molar-refractivity contribution is -0.161. The first kappa shape index (κ1) is 99.6. The second kappa shape index (κ2) is 76.8. The Morgan fingerprint density at radius 2 is 0.509 bits per heavy atom. The Kier molecular flexibility index (Phi) is 72.2. The fourth-order valence-electron chi connectivity index (χ4n) is 9.38. The van der Waals surface area contributed by atoms with Crippen molar-refractivity contribution in [3.05, 3.63) is 207 Å². The molecule has 3 N–H and O–H groups in total. The molecule has 106 heavy (non-hydrogen) atoms. The molecule has 0 bridgehead atoms. The van der Waals surface area contributed by atoms with Gasteiger partial charge in [-0.2, -0.15) is 0 Å². The minimum atomic E-state index is -5.02. The summed E-state index contributed by atoms with van der Waals surface area (Å²) < 4.78 is 68.4. The Labute approximate surface area is 639 Å². The third kappa shape index (κ3) is 75.9. The highest BCUT2D eigenvalue weighted by Crippen LogP contribution is 2.45. The van der Waals surface area contributed by atoms with Crippen molar-refractivity contribution in [3.63, 3.8) is 0 Å². The maximum atomic E-state index is 13.1. The third-order valence-electron chi connectivity index (χ3n) is 15.2. The van der Waals surface area contributed by atoms with E-state index in [9.17, 15) is 43.2 Å². The van der Waals surface area contributed by atoms with Crippen molar-refractivity contribution in [3.8, 4) is 0 Å². The minimum absolute atomic E-state index is 0.0221. The van der Waals surface area contributed by atoms with Crippen LogP contribution in [0.5, 0.6) is 0 Å². The van der Waals surface area contributed by atoms with Crippen LogP contribution in [0, 0.1) is 0 Å². The van der Waals surface area contributed by atoms with Gasteiger partial charge in [-0.1, -0.05) is 279 Å². The van der Waals surface area contributed by atoms with Crippen LogP contribution in [-0.2, 0) is 65.4 Å². The van der Waals surface area contributed by atoms with E-state index in [1.54, 1.807) is 0 Å². The maximum absolute atomic E-state index is 13.1. The van der Waals surface area contributed by atoms with Crippen molar-refractivity contribution in [2.24, 2.45) is 0 Å². The largest absolute Gasteiger partial charge is 0.472 e. The number of aliphatic hydroxyl groups excluding tert-OH is 1. The van der Waals surface area contributed by atoms with Crippen LogP contribution < -0.4 is 0 Å².